The molecule has 1 aromatic rings. The number of phenols is 1. The van der Waals surface area contributed by atoms with Gasteiger partial charge >= 0.3 is 0 Å². The first-order chi connectivity index (χ1) is 8.61. The van der Waals surface area contributed by atoms with E-state index in [1.807, 2.05) is 6.07 Å². The molecule has 0 spiro atoms. The van der Waals surface area contributed by atoms with Crippen molar-refractivity contribution in [3.63, 3.8) is 0 Å². The Hall–Kier alpha value is -0.970. The molecule has 1 N–H and O–H groups in total. The largest absolute Gasteiger partial charge is 0.503 e. The number of benzene rings is 1. The molecule has 1 aromatic carbocycles. The van der Waals surface area contributed by atoms with Gasteiger partial charge in [0.25, 0.3) is 0 Å². The molecule has 0 amide bonds. The van der Waals surface area contributed by atoms with Gasteiger partial charge in [-0.2, -0.15) is 0 Å². The average molecular weight is 272 g/mol. The van der Waals surface area contributed by atoms with E-state index in [9.17, 15) is 5.11 Å². The molecule has 4 nitrogen and oxygen atoms in total. The van der Waals surface area contributed by atoms with Crippen LogP contribution in [0.15, 0.2) is 12.1 Å². The molecule has 18 heavy (non-hydrogen) atoms. The highest BCUT2D eigenvalue weighted by Gasteiger charge is 2.20. The quantitative estimate of drug-likeness (QED) is 0.912. The van der Waals surface area contributed by atoms with Crippen molar-refractivity contribution >= 4 is 11.6 Å². The Labute approximate surface area is 112 Å². The van der Waals surface area contributed by atoms with E-state index in [-0.39, 0.29) is 5.75 Å². The van der Waals surface area contributed by atoms with Gasteiger partial charge in [0.1, 0.15) is 0 Å². The molecular formula is C13H18ClNO3. The lowest BCUT2D eigenvalue weighted by molar-refractivity contribution is 0.156. The van der Waals surface area contributed by atoms with Crippen LogP contribution in [0.1, 0.15) is 12.0 Å². The van der Waals surface area contributed by atoms with E-state index in [1.165, 1.54) is 7.11 Å². The summed E-state index contributed by atoms with van der Waals surface area (Å²) < 4.78 is 10.5. The molecule has 0 bridgehead atoms. The van der Waals surface area contributed by atoms with Gasteiger partial charge in [-0.1, -0.05) is 11.6 Å². The molecule has 0 aromatic heterocycles. The number of rotatable bonds is 4. The van der Waals surface area contributed by atoms with E-state index in [1.54, 1.807) is 6.07 Å². The third-order valence-electron chi connectivity index (χ3n) is 3.27. The maximum absolute atomic E-state index is 9.68. The number of methoxy groups -OCH3 is 1. The van der Waals surface area contributed by atoms with Crippen LogP contribution in [0.3, 0.4) is 0 Å². The lowest BCUT2D eigenvalue weighted by Gasteiger charge is -2.23. The van der Waals surface area contributed by atoms with Gasteiger partial charge < -0.3 is 14.6 Å². The summed E-state index contributed by atoms with van der Waals surface area (Å²) >= 11 is 5.97. The number of halogens is 1. The van der Waals surface area contributed by atoms with Crippen molar-refractivity contribution in [2.24, 2.45) is 0 Å². The van der Waals surface area contributed by atoms with Crippen molar-refractivity contribution < 1.29 is 14.6 Å². The molecule has 1 aliphatic heterocycles. The van der Waals surface area contributed by atoms with Gasteiger partial charge in [0, 0.05) is 19.2 Å². The lowest BCUT2D eigenvalue weighted by Crippen LogP contribution is -2.31. The van der Waals surface area contributed by atoms with Gasteiger partial charge in [-0.15, -0.1) is 0 Å². The molecule has 1 aliphatic rings. The summed E-state index contributed by atoms with van der Waals surface area (Å²) in [5, 5.41) is 10.00. The van der Waals surface area contributed by atoms with Crippen molar-refractivity contribution in [2.45, 2.75) is 19.0 Å². The summed E-state index contributed by atoms with van der Waals surface area (Å²) in [6.45, 7) is 2.36. The molecule has 1 saturated heterocycles. The second kappa shape index (κ2) is 5.78. The number of likely N-dealkylation sites (N-methyl/N-ethyl adjacent to an activating group) is 1. The Morgan fingerprint density at radius 3 is 2.94 bits per heavy atom. The Kier molecular flexibility index (Phi) is 4.32. The predicted octanol–water partition coefficient (Wildman–Crippen LogP) is 2.27. The van der Waals surface area contributed by atoms with Crippen LogP contribution in [0.4, 0.5) is 0 Å². The van der Waals surface area contributed by atoms with E-state index in [0.717, 1.165) is 31.7 Å². The highest BCUT2D eigenvalue weighted by molar-refractivity contribution is 6.32. The normalized spacial score (nSPS) is 19.4. The van der Waals surface area contributed by atoms with Gasteiger partial charge in [0.2, 0.25) is 0 Å². The molecular weight excluding hydrogens is 254 g/mol. The highest BCUT2D eigenvalue weighted by atomic mass is 35.5. The van der Waals surface area contributed by atoms with Crippen LogP contribution in [0, 0.1) is 0 Å². The SMILES string of the molecule is COc1cc(CN(C)C2CCOC2)cc(Cl)c1O. The second-order valence-electron chi connectivity index (χ2n) is 4.56. The van der Waals surface area contributed by atoms with Crippen molar-refractivity contribution in [1.29, 1.82) is 0 Å². The Balaban J connectivity index is 2.11. The summed E-state index contributed by atoms with van der Waals surface area (Å²) in [5.41, 5.74) is 1.02. The maximum Gasteiger partial charge on any atom is 0.176 e. The van der Waals surface area contributed by atoms with Gasteiger partial charge in [-0.3, -0.25) is 4.90 Å². The molecule has 1 fully saturated rings. The molecule has 100 valence electrons. The standard InChI is InChI=1S/C13H18ClNO3/c1-15(10-3-4-18-8-10)7-9-5-11(14)13(16)12(6-9)17-2/h5-6,10,16H,3-4,7-8H2,1-2H3. The lowest BCUT2D eigenvalue weighted by atomic mass is 10.1. The smallest absolute Gasteiger partial charge is 0.176 e. The van der Waals surface area contributed by atoms with Crippen LogP contribution in [0.5, 0.6) is 11.5 Å². The minimum absolute atomic E-state index is 0.00484. The van der Waals surface area contributed by atoms with Crippen LogP contribution >= 0.6 is 11.6 Å². The molecule has 1 unspecified atom stereocenters. The Morgan fingerprint density at radius 1 is 1.56 bits per heavy atom. The number of hydrogen-bond acceptors (Lipinski definition) is 4. The van der Waals surface area contributed by atoms with Crippen LogP contribution < -0.4 is 4.74 Å². The van der Waals surface area contributed by atoms with Crippen LogP contribution in [0.2, 0.25) is 5.02 Å². The third kappa shape index (κ3) is 2.88. The molecule has 0 aliphatic carbocycles. The predicted molar refractivity (Wildman–Crippen MR) is 70.4 cm³/mol. The summed E-state index contributed by atoms with van der Waals surface area (Å²) in [5.74, 6) is 0.406. The van der Waals surface area contributed by atoms with E-state index in [4.69, 9.17) is 21.1 Å². The zero-order valence-corrected chi connectivity index (χ0v) is 11.4. The minimum Gasteiger partial charge on any atom is -0.503 e. The zero-order chi connectivity index (χ0) is 13.1. The van der Waals surface area contributed by atoms with Crippen LogP contribution in [-0.4, -0.2) is 43.4 Å². The fourth-order valence-electron chi connectivity index (χ4n) is 2.16. The Morgan fingerprint density at radius 2 is 2.33 bits per heavy atom. The van der Waals surface area contributed by atoms with Crippen molar-refractivity contribution in [3.8, 4) is 11.5 Å². The van der Waals surface area contributed by atoms with Crippen LogP contribution in [-0.2, 0) is 11.3 Å². The molecule has 0 saturated carbocycles. The minimum atomic E-state index is -0.00484. The van der Waals surface area contributed by atoms with Gasteiger partial charge in [-0.25, -0.2) is 0 Å². The summed E-state index contributed by atoms with van der Waals surface area (Å²) in [6.07, 6.45) is 1.06. The van der Waals surface area contributed by atoms with Crippen molar-refractivity contribution in [2.75, 3.05) is 27.4 Å². The molecule has 2 rings (SSSR count). The van der Waals surface area contributed by atoms with Gasteiger partial charge in [0.15, 0.2) is 11.5 Å². The molecule has 5 heteroatoms. The Bertz CT molecular complexity index is 419. The van der Waals surface area contributed by atoms with Gasteiger partial charge in [0.05, 0.1) is 18.7 Å². The van der Waals surface area contributed by atoms with E-state index < -0.39 is 0 Å². The monoisotopic (exact) mass is 271 g/mol. The van der Waals surface area contributed by atoms with Crippen molar-refractivity contribution in [1.82, 2.24) is 4.90 Å². The van der Waals surface area contributed by atoms with E-state index >= 15 is 0 Å². The molecule has 1 atom stereocenters. The fraction of sp³-hybridized carbons (Fsp3) is 0.538. The molecule has 1 heterocycles. The fourth-order valence-corrected chi connectivity index (χ4v) is 2.39. The number of phenolic OH excluding ortho intramolecular Hbond substituents is 1. The topological polar surface area (TPSA) is 41.9 Å². The van der Waals surface area contributed by atoms with Gasteiger partial charge in [-0.05, 0) is 31.2 Å². The highest BCUT2D eigenvalue weighted by Crippen LogP contribution is 2.35. The number of ether oxygens (including phenoxy) is 2. The summed E-state index contributed by atoms with van der Waals surface area (Å²) in [6, 6.07) is 4.03. The zero-order valence-electron chi connectivity index (χ0n) is 10.6. The first kappa shape index (κ1) is 13.5. The van der Waals surface area contributed by atoms with E-state index in [2.05, 4.69) is 11.9 Å². The number of nitrogens with zero attached hydrogens (tertiary/aromatic N) is 1. The average Bonchev–Trinajstić information content (AvgIpc) is 2.87. The van der Waals surface area contributed by atoms with E-state index in [0.29, 0.717) is 16.8 Å². The summed E-state index contributed by atoms with van der Waals surface area (Å²) in [7, 11) is 3.58. The number of hydrogen-bond donors (Lipinski definition) is 1. The molecule has 0 radical (unpaired) electrons. The summed E-state index contributed by atoms with van der Waals surface area (Å²) in [4.78, 5) is 2.23. The first-order valence-corrected chi connectivity index (χ1v) is 6.33. The number of aromatic hydroxyl groups is 1. The van der Waals surface area contributed by atoms with Crippen LogP contribution in [0.25, 0.3) is 0 Å². The second-order valence-corrected chi connectivity index (χ2v) is 4.97. The first-order valence-electron chi connectivity index (χ1n) is 5.95. The third-order valence-corrected chi connectivity index (χ3v) is 3.56. The van der Waals surface area contributed by atoms with Crippen molar-refractivity contribution in [3.05, 3.63) is 22.7 Å². The maximum atomic E-state index is 9.68.